The van der Waals surface area contributed by atoms with Crippen LogP contribution in [0.3, 0.4) is 0 Å². The summed E-state index contributed by atoms with van der Waals surface area (Å²) in [6, 6.07) is 0. The molecule has 1 unspecified atom stereocenters. The van der Waals surface area contributed by atoms with Crippen molar-refractivity contribution in [3.05, 3.63) is 0 Å². The van der Waals surface area contributed by atoms with Gasteiger partial charge in [-0.2, -0.15) is 0 Å². The minimum absolute atomic E-state index is 0.0211. The van der Waals surface area contributed by atoms with Crippen molar-refractivity contribution < 1.29 is 20.1 Å². The van der Waals surface area contributed by atoms with Crippen LogP contribution in [0.1, 0.15) is 85.0 Å². The SMILES string of the molecule is C[C@H](CCC(=O)O)C1C(=N)CC[C@H]2[C@@H]3[C@@H](O)C[C@@H]4C[C@H](O)CC[C@]4(C)[C@H]3CC[C@]12C. The highest BCUT2D eigenvalue weighted by molar-refractivity contribution is 5.86. The predicted molar refractivity (Wildman–Crippen MR) is 116 cm³/mol. The topological polar surface area (TPSA) is 102 Å². The second-order valence-electron chi connectivity index (χ2n) is 11.7. The number of carboxylic acids is 1. The summed E-state index contributed by atoms with van der Waals surface area (Å²) in [5.41, 5.74) is 0.993. The van der Waals surface area contributed by atoms with Crippen LogP contribution < -0.4 is 0 Å². The molecule has 4 saturated carbocycles. The van der Waals surface area contributed by atoms with Gasteiger partial charge in [0, 0.05) is 18.1 Å². The van der Waals surface area contributed by atoms with Gasteiger partial charge in [0.15, 0.2) is 0 Å². The van der Waals surface area contributed by atoms with Crippen molar-refractivity contribution in [3.8, 4) is 0 Å². The van der Waals surface area contributed by atoms with E-state index in [4.69, 9.17) is 10.5 Å². The van der Waals surface area contributed by atoms with E-state index in [-0.39, 0.29) is 47.2 Å². The monoisotopic (exact) mass is 419 g/mol. The average Bonchev–Trinajstić information content (AvgIpc) is 2.67. The van der Waals surface area contributed by atoms with E-state index in [1.54, 1.807) is 0 Å². The van der Waals surface area contributed by atoms with Gasteiger partial charge in [-0.3, -0.25) is 4.79 Å². The largest absolute Gasteiger partial charge is 0.481 e. The number of hydrogen-bond acceptors (Lipinski definition) is 4. The standard InChI is InChI=1S/C25H41NO4/c1-14(4-7-21(29)30)23-19(26)6-5-17-22-18(9-11-25(17,23)3)24(2)10-8-16(27)12-15(24)13-20(22)28/h14-18,20,22-23,26-28H,4-13H2,1-3H3,(H,29,30)/t14-,15+,16-,17+,18+,20+,22+,23?,24+,25+/m1/s1. The Morgan fingerprint density at radius 1 is 1.10 bits per heavy atom. The lowest BCUT2D eigenvalue weighted by molar-refractivity contribution is -0.185. The van der Waals surface area contributed by atoms with E-state index in [0.29, 0.717) is 24.2 Å². The molecule has 5 heteroatoms. The Morgan fingerprint density at radius 2 is 1.77 bits per heavy atom. The van der Waals surface area contributed by atoms with Gasteiger partial charge in [0.25, 0.3) is 0 Å². The van der Waals surface area contributed by atoms with E-state index in [9.17, 15) is 15.0 Å². The van der Waals surface area contributed by atoms with Crippen molar-refractivity contribution in [2.45, 2.75) is 97.2 Å². The van der Waals surface area contributed by atoms with Crippen molar-refractivity contribution in [1.29, 1.82) is 5.41 Å². The first-order valence-corrected chi connectivity index (χ1v) is 12.2. The average molecular weight is 420 g/mol. The molecule has 4 N–H and O–H groups in total. The summed E-state index contributed by atoms with van der Waals surface area (Å²) in [5, 5.41) is 39.5. The summed E-state index contributed by atoms with van der Waals surface area (Å²) >= 11 is 0. The highest BCUT2D eigenvalue weighted by Crippen LogP contribution is 2.66. The zero-order chi connectivity index (χ0) is 21.8. The Kier molecular flexibility index (Phi) is 5.85. The van der Waals surface area contributed by atoms with E-state index in [1.807, 2.05) is 0 Å². The lowest BCUT2D eigenvalue weighted by Gasteiger charge is -2.65. The second kappa shape index (κ2) is 7.88. The third-order valence-electron chi connectivity index (χ3n) is 10.3. The number of hydrogen-bond donors (Lipinski definition) is 4. The van der Waals surface area contributed by atoms with E-state index < -0.39 is 5.97 Å². The van der Waals surface area contributed by atoms with E-state index in [0.717, 1.165) is 57.1 Å². The van der Waals surface area contributed by atoms with Crippen LogP contribution in [0.25, 0.3) is 0 Å². The van der Waals surface area contributed by atoms with Crippen LogP contribution in [0, 0.1) is 51.7 Å². The minimum atomic E-state index is -0.754. The summed E-state index contributed by atoms with van der Waals surface area (Å²) in [7, 11) is 0. The van der Waals surface area contributed by atoms with Gasteiger partial charge in [0.1, 0.15) is 0 Å². The van der Waals surface area contributed by atoms with Crippen LogP contribution in [0.2, 0.25) is 0 Å². The molecular formula is C25H41NO4. The number of aliphatic hydroxyl groups excluding tert-OH is 2. The molecule has 0 spiro atoms. The molecule has 4 rings (SSSR count). The first-order valence-electron chi connectivity index (χ1n) is 12.2. The third kappa shape index (κ3) is 3.44. The maximum absolute atomic E-state index is 11.4. The fourth-order valence-electron chi connectivity index (χ4n) is 8.85. The molecule has 0 aromatic rings. The van der Waals surface area contributed by atoms with Gasteiger partial charge in [-0.25, -0.2) is 0 Å². The van der Waals surface area contributed by atoms with Crippen LogP contribution in [-0.2, 0) is 4.79 Å². The predicted octanol–water partition coefficient (Wildman–Crippen LogP) is 4.50. The highest BCUT2D eigenvalue weighted by Gasteiger charge is 2.62. The van der Waals surface area contributed by atoms with Crippen LogP contribution >= 0.6 is 0 Å². The van der Waals surface area contributed by atoms with E-state index >= 15 is 0 Å². The van der Waals surface area contributed by atoms with Crippen molar-refractivity contribution in [3.63, 3.8) is 0 Å². The molecule has 10 atom stereocenters. The van der Waals surface area contributed by atoms with Crippen molar-refractivity contribution in [1.82, 2.24) is 0 Å². The van der Waals surface area contributed by atoms with Gasteiger partial charge in [-0.15, -0.1) is 0 Å². The fraction of sp³-hybridized carbons (Fsp3) is 0.920. The van der Waals surface area contributed by atoms with Gasteiger partial charge in [0.05, 0.1) is 12.2 Å². The smallest absolute Gasteiger partial charge is 0.303 e. The number of aliphatic hydroxyl groups is 2. The molecule has 4 aliphatic rings. The van der Waals surface area contributed by atoms with E-state index in [2.05, 4.69) is 20.8 Å². The molecule has 30 heavy (non-hydrogen) atoms. The van der Waals surface area contributed by atoms with Gasteiger partial charge < -0.3 is 20.7 Å². The van der Waals surface area contributed by atoms with Gasteiger partial charge in [-0.1, -0.05) is 20.8 Å². The molecule has 0 heterocycles. The van der Waals surface area contributed by atoms with Gasteiger partial charge in [-0.05, 0) is 98.2 Å². The summed E-state index contributed by atoms with van der Waals surface area (Å²) in [6.45, 7) is 6.90. The molecule has 4 fully saturated rings. The quantitative estimate of drug-likeness (QED) is 0.539. The van der Waals surface area contributed by atoms with Crippen molar-refractivity contribution in [2.75, 3.05) is 0 Å². The van der Waals surface area contributed by atoms with Gasteiger partial charge >= 0.3 is 5.97 Å². The minimum Gasteiger partial charge on any atom is -0.481 e. The Balaban J connectivity index is 1.62. The molecule has 0 aliphatic heterocycles. The third-order valence-corrected chi connectivity index (χ3v) is 10.3. The molecule has 0 bridgehead atoms. The normalized spacial score (nSPS) is 49.5. The van der Waals surface area contributed by atoms with Crippen LogP contribution in [-0.4, -0.2) is 39.2 Å². The summed E-state index contributed by atoms with van der Waals surface area (Å²) < 4.78 is 0. The van der Waals surface area contributed by atoms with Gasteiger partial charge in [0.2, 0.25) is 0 Å². The summed E-state index contributed by atoms with van der Waals surface area (Å²) in [5.74, 6) is 1.16. The molecule has 5 nitrogen and oxygen atoms in total. The molecule has 0 aromatic heterocycles. The molecule has 0 amide bonds. The highest BCUT2D eigenvalue weighted by atomic mass is 16.4. The Labute approximate surface area is 181 Å². The Bertz CT molecular complexity index is 695. The van der Waals surface area contributed by atoms with E-state index in [1.165, 1.54) is 0 Å². The Morgan fingerprint density at radius 3 is 2.47 bits per heavy atom. The molecule has 0 saturated heterocycles. The molecule has 0 aromatic carbocycles. The summed E-state index contributed by atoms with van der Waals surface area (Å²) in [6.07, 6.45) is 7.78. The zero-order valence-corrected chi connectivity index (χ0v) is 18.9. The Hall–Kier alpha value is -0.940. The first kappa shape index (κ1) is 22.3. The zero-order valence-electron chi connectivity index (χ0n) is 18.9. The maximum Gasteiger partial charge on any atom is 0.303 e. The van der Waals surface area contributed by atoms with Crippen molar-refractivity contribution in [2.24, 2.45) is 46.3 Å². The molecule has 0 radical (unpaired) electrons. The number of carbonyl (C=O) groups is 1. The molecular weight excluding hydrogens is 378 g/mol. The fourth-order valence-corrected chi connectivity index (χ4v) is 8.85. The van der Waals surface area contributed by atoms with Crippen LogP contribution in [0.15, 0.2) is 0 Å². The lowest BCUT2D eigenvalue weighted by Crippen LogP contribution is -2.62. The number of nitrogens with one attached hydrogen (secondary N) is 1. The maximum atomic E-state index is 11.4. The number of aliphatic carboxylic acids is 1. The first-order chi connectivity index (χ1) is 14.1. The number of rotatable bonds is 4. The summed E-state index contributed by atoms with van der Waals surface area (Å²) in [4.78, 5) is 11.1. The second-order valence-corrected chi connectivity index (χ2v) is 11.7. The number of carboxylic acid groups (broad SMARTS) is 1. The van der Waals surface area contributed by atoms with Crippen LogP contribution in [0.4, 0.5) is 0 Å². The van der Waals surface area contributed by atoms with Crippen LogP contribution in [0.5, 0.6) is 0 Å². The molecule has 4 aliphatic carbocycles. The molecule has 170 valence electrons. The number of fused-ring (bicyclic) bond motifs is 5. The van der Waals surface area contributed by atoms with Crippen molar-refractivity contribution >= 4 is 11.7 Å². The lowest BCUT2D eigenvalue weighted by atomic mass is 9.40.